The Hall–Kier alpha value is -3.39. The highest BCUT2D eigenvalue weighted by Crippen LogP contribution is 2.40. The first-order valence-corrected chi connectivity index (χ1v) is 14.0. The fourth-order valence-electron chi connectivity index (χ4n) is 6.28. The molecular weight excluding hydrogens is 476 g/mol. The Kier molecular flexibility index (Phi) is 6.60. The number of ether oxygens (including phenoxy) is 1. The Morgan fingerprint density at radius 2 is 1.97 bits per heavy atom. The zero-order chi connectivity index (χ0) is 26.4. The van der Waals surface area contributed by atoms with Crippen LogP contribution in [-0.4, -0.2) is 63.4 Å². The topological polar surface area (TPSA) is 87.5 Å². The van der Waals surface area contributed by atoms with Crippen molar-refractivity contribution in [2.45, 2.75) is 58.8 Å². The lowest BCUT2D eigenvalue weighted by molar-refractivity contribution is 0.0815. The Morgan fingerprint density at radius 3 is 2.71 bits per heavy atom. The van der Waals surface area contributed by atoms with Crippen molar-refractivity contribution >= 4 is 22.6 Å². The fraction of sp³-hybridized carbons (Fsp3) is 0.500. The molecule has 1 atom stereocenters. The van der Waals surface area contributed by atoms with E-state index in [2.05, 4.69) is 72.5 Å². The van der Waals surface area contributed by atoms with Gasteiger partial charge in [0.15, 0.2) is 5.65 Å². The van der Waals surface area contributed by atoms with E-state index in [1.165, 1.54) is 33.3 Å². The van der Waals surface area contributed by atoms with Gasteiger partial charge in [0.2, 0.25) is 0 Å². The van der Waals surface area contributed by atoms with Gasteiger partial charge in [-0.1, -0.05) is 19.9 Å². The van der Waals surface area contributed by atoms with Crippen molar-refractivity contribution in [3.05, 3.63) is 53.0 Å². The van der Waals surface area contributed by atoms with Crippen LogP contribution < -0.4 is 5.32 Å². The van der Waals surface area contributed by atoms with Crippen molar-refractivity contribution in [2.24, 2.45) is 5.92 Å². The maximum absolute atomic E-state index is 12.6. The third kappa shape index (κ3) is 4.45. The number of nitrogens with zero attached hydrogens (tertiary/aromatic N) is 4. The Morgan fingerprint density at radius 1 is 1.16 bits per heavy atom. The summed E-state index contributed by atoms with van der Waals surface area (Å²) < 4.78 is 7.50. The monoisotopic (exact) mass is 514 g/mol. The van der Waals surface area contributed by atoms with E-state index in [1.54, 1.807) is 6.33 Å². The normalized spacial score (nSPS) is 18.8. The lowest BCUT2D eigenvalue weighted by Crippen LogP contribution is -2.39. The molecule has 2 N–H and O–H groups in total. The maximum Gasteiger partial charge on any atom is 0.409 e. The zero-order valence-corrected chi connectivity index (χ0v) is 22.9. The van der Waals surface area contributed by atoms with Crippen LogP contribution in [0.25, 0.3) is 27.8 Å². The van der Waals surface area contributed by atoms with E-state index in [0.29, 0.717) is 24.4 Å². The standard InChI is InChI=1S/C30H38N6O2/c1-18(2)27-24-13-23(22-8-11-35(12-9-22)30(37)38-16-21-7-10-31-14-21)5-6-26(24)34-28(27)25-15-36-29(32-17-33-36)20(4)19(25)3/h5-6,13,15,17-18,21-22,31,34H,7-12,14,16H2,1-4H3. The van der Waals surface area contributed by atoms with Crippen LogP contribution in [0, 0.1) is 19.8 Å². The molecule has 1 amide bonds. The molecule has 0 radical (unpaired) electrons. The number of aromatic amines is 1. The van der Waals surface area contributed by atoms with E-state index in [9.17, 15) is 4.79 Å². The lowest BCUT2D eigenvalue weighted by Gasteiger charge is -2.32. The third-order valence-electron chi connectivity index (χ3n) is 8.67. The molecule has 3 aromatic heterocycles. The quantitative estimate of drug-likeness (QED) is 0.365. The molecule has 1 aromatic carbocycles. The minimum absolute atomic E-state index is 0.154. The van der Waals surface area contributed by atoms with Crippen molar-refractivity contribution in [2.75, 3.05) is 32.8 Å². The summed E-state index contributed by atoms with van der Waals surface area (Å²) in [7, 11) is 0. The number of hydrogen-bond acceptors (Lipinski definition) is 5. The van der Waals surface area contributed by atoms with Gasteiger partial charge >= 0.3 is 6.09 Å². The van der Waals surface area contributed by atoms with Gasteiger partial charge in [0.05, 0.1) is 12.3 Å². The molecule has 2 aliphatic heterocycles. The number of piperidine rings is 1. The third-order valence-corrected chi connectivity index (χ3v) is 8.67. The van der Waals surface area contributed by atoms with Gasteiger partial charge in [-0.15, -0.1) is 0 Å². The molecule has 1 unspecified atom stereocenters. The number of H-pyrrole nitrogens is 1. The number of aryl methyl sites for hydroxylation is 1. The number of carbonyl (C=O) groups excluding carboxylic acids is 1. The molecule has 2 fully saturated rings. The van der Waals surface area contributed by atoms with Crippen molar-refractivity contribution < 1.29 is 9.53 Å². The van der Waals surface area contributed by atoms with Gasteiger partial charge in [0.25, 0.3) is 0 Å². The molecule has 0 aliphatic carbocycles. The van der Waals surface area contributed by atoms with Crippen molar-refractivity contribution in [1.82, 2.24) is 29.8 Å². The van der Waals surface area contributed by atoms with E-state index < -0.39 is 0 Å². The molecule has 0 saturated carbocycles. The SMILES string of the molecule is Cc1c(-c2[nH]c3ccc(C4CCN(C(=O)OCC5CCNC5)CC4)cc3c2C(C)C)cn2ncnc2c1C. The summed E-state index contributed by atoms with van der Waals surface area (Å²) >= 11 is 0. The first-order valence-electron chi connectivity index (χ1n) is 14.0. The number of likely N-dealkylation sites (tertiary alicyclic amines) is 1. The molecular formula is C30H38N6O2. The first kappa shape index (κ1) is 24.9. The number of hydrogen-bond donors (Lipinski definition) is 2. The van der Waals surface area contributed by atoms with Crippen LogP contribution in [0.3, 0.4) is 0 Å². The number of amides is 1. The highest BCUT2D eigenvalue weighted by atomic mass is 16.6. The van der Waals surface area contributed by atoms with Crippen LogP contribution in [0.5, 0.6) is 0 Å². The fourth-order valence-corrected chi connectivity index (χ4v) is 6.28. The minimum atomic E-state index is -0.154. The molecule has 0 bridgehead atoms. The number of rotatable bonds is 5. The molecule has 4 aromatic rings. The van der Waals surface area contributed by atoms with E-state index in [1.807, 2.05) is 9.42 Å². The lowest BCUT2D eigenvalue weighted by atomic mass is 9.87. The summed E-state index contributed by atoms with van der Waals surface area (Å²) in [5.41, 5.74) is 9.47. The summed E-state index contributed by atoms with van der Waals surface area (Å²) in [5, 5.41) is 9.03. The van der Waals surface area contributed by atoms with Gasteiger partial charge in [-0.3, -0.25) is 0 Å². The second-order valence-corrected chi connectivity index (χ2v) is 11.4. The van der Waals surface area contributed by atoms with Gasteiger partial charge < -0.3 is 19.9 Å². The molecule has 8 nitrogen and oxygen atoms in total. The molecule has 0 spiro atoms. The number of nitrogens with one attached hydrogen (secondary N) is 2. The highest BCUT2D eigenvalue weighted by Gasteiger charge is 2.27. The second kappa shape index (κ2) is 10.1. The van der Waals surface area contributed by atoms with Crippen LogP contribution in [0.1, 0.15) is 67.2 Å². The van der Waals surface area contributed by atoms with Crippen molar-refractivity contribution in [3.8, 4) is 11.3 Å². The van der Waals surface area contributed by atoms with Gasteiger partial charge in [-0.2, -0.15) is 5.10 Å². The van der Waals surface area contributed by atoms with Crippen LogP contribution in [0.2, 0.25) is 0 Å². The number of carbonyl (C=O) groups is 1. The molecule has 5 heterocycles. The van der Waals surface area contributed by atoms with Crippen molar-refractivity contribution in [3.63, 3.8) is 0 Å². The van der Waals surface area contributed by atoms with Crippen LogP contribution in [-0.2, 0) is 4.74 Å². The molecule has 6 rings (SSSR count). The minimum Gasteiger partial charge on any atom is -0.449 e. The van der Waals surface area contributed by atoms with Gasteiger partial charge in [-0.05, 0) is 85.9 Å². The average molecular weight is 515 g/mol. The molecule has 200 valence electrons. The number of benzene rings is 1. The largest absolute Gasteiger partial charge is 0.449 e. The van der Waals surface area contributed by atoms with E-state index in [4.69, 9.17) is 4.74 Å². The van der Waals surface area contributed by atoms with Crippen molar-refractivity contribution in [1.29, 1.82) is 0 Å². The second-order valence-electron chi connectivity index (χ2n) is 11.4. The smallest absolute Gasteiger partial charge is 0.409 e. The zero-order valence-electron chi connectivity index (χ0n) is 22.9. The Bertz CT molecular complexity index is 1470. The van der Waals surface area contributed by atoms with Gasteiger partial charge in [-0.25, -0.2) is 14.3 Å². The predicted molar refractivity (Wildman–Crippen MR) is 150 cm³/mol. The maximum atomic E-state index is 12.6. The molecule has 8 heteroatoms. The van der Waals surface area contributed by atoms with Crippen LogP contribution in [0.4, 0.5) is 4.79 Å². The molecule has 38 heavy (non-hydrogen) atoms. The van der Waals surface area contributed by atoms with E-state index >= 15 is 0 Å². The van der Waals surface area contributed by atoms with Gasteiger partial charge in [0, 0.05) is 48.2 Å². The number of pyridine rings is 1. The Balaban J connectivity index is 1.24. The summed E-state index contributed by atoms with van der Waals surface area (Å²) in [6.07, 6.45) is 6.57. The first-order chi connectivity index (χ1) is 18.4. The summed E-state index contributed by atoms with van der Waals surface area (Å²) in [5.74, 6) is 1.25. The summed E-state index contributed by atoms with van der Waals surface area (Å²) in [6.45, 7) is 12.8. The molecule has 2 aliphatic rings. The molecule has 2 saturated heterocycles. The van der Waals surface area contributed by atoms with Gasteiger partial charge in [0.1, 0.15) is 6.33 Å². The summed E-state index contributed by atoms with van der Waals surface area (Å²) in [6, 6.07) is 6.87. The predicted octanol–water partition coefficient (Wildman–Crippen LogP) is 5.54. The van der Waals surface area contributed by atoms with Crippen LogP contribution >= 0.6 is 0 Å². The Labute approximate surface area is 223 Å². The van der Waals surface area contributed by atoms with E-state index in [0.717, 1.165) is 62.2 Å². The number of aromatic nitrogens is 4. The van der Waals surface area contributed by atoms with Crippen LogP contribution in [0.15, 0.2) is 30.7 Å². The average Bonchev–Trinajstić information content (AvgIpc) is 3.68. The highest BCUT2D eigenvalue weighted by molar-refractivity contribution is 5.92. The number of fused-ring (bicyclic) bond motifs is 2. The van der Waals surface area contributed by atoms with E-state index in [-0.39, 0.29) is 6.09 Å². The summed E-state index contributed by atoms with van der Waals surface area (Å²) in [4.78, 5) is 22.7.